The first-order valence-corrected chi connectivity index (χ1v) is 4.40. The fourth-order valence-electron chi connectivity index (χ4n) is 1.23. The molecule has 0 aliphatic carbocycles. The fraction of sp³-hybridized carbons (Fsp3) is 0.333. The zero-order chi connectivity index (χ0) is 14.1. The van der Waals surface area contributed by atoms with Crippen molar-refractivity contribution in [2.24, 2.45) is 0 Å². The van der Waals surface area contributed by atoms with E-state index < -0.39 is 41.3 Å². The van der Waals surface area contributed by atoms with Gasteiger partial charge in [0, 0.05) is 11.8 Å². The van der Waals surface area contributed by atoms with E-state index in [-0.39, 0.29) is 0 Å². The molecule has 1 heterocycles. The van der Waals surface area contributed by atoms with Crippen LogP contribution in [-0.2, 0) is 0 Å². The Morgan fingerprint density at radius 3 is 2.39 bits per heavy atom. The van der Waals surface area contributed by atoms with Gasteiger partial charge in [-0.15, -0.1) is 13.2 Å². The van der Waals surface area contributed by atoms with Crippen molar-refractivity contribution in [3.63, 3.8) is 0 Å². The molecule has 100 valence electrons. The average molecular weight is 271 g/mol. The van der Waals surface area contributed by atoms with Gasteiger partial charge in [0.2, 0.25) is 0 Å². The molecule has 0 spiro atoms. The first-order valence-electron chi connectivity index (χ1n) is 4.40. The summed E-state index contributed by atoms with van der Waals surface area (Å²) in [6, 6.07) is 0. The van der Waals surface area contributed by atoms with Crippen molar-refractivity contribution in [1.29, 1.82) is 0 Å². The van der Waals surface area contributed by atoms with Crippen molar-refractivity contribution in [2.75, 3.05) is 0 Å². The molecule has 0 aromatic carbocycles. The first kappa shape index (κ1) is 14.1. The third-order valence-electron chi connectivity index (χ3n) is 1.96. The second-order valence-electron chi connectivity index (χ2n) is 3.16. The quantitative estimate of drug-likeness (QED) is 0.859. The van der Waals surface area contributed by atoms with Crippen molar-refractivity contribution >= 4 is 5.97 Å². The molecule has 0 radical (unpaired) electrons. The molecular weight excluding hydrogens is 265 g/mol. The number of carboxylic acid groups (broad SMARTS) is 1. The second-order valence-corrected chi connectivity index (χ2v) is 3.16. The van der Waals surface area contributed by atoms with Gasteiger partial charge in [-0.05, 0) is 6.92 Å². The predicted octanol–water partition coefficient (Wildman–Crippen LogP) is 2.92. The summed E-state index contributed by atoms with van der Waals surface area (Å²) in [4.78, 5) is 13.8. The average Bonchev–Trinajstić information content (AvgIpc) is 2.17. The Morgan fingerprint density at radius 2 is 2.00 bits per heavy atom. The van der Waals surface area contributed by atoms with E-state index in [4.69, 9.17) is 5.11 Å². The standard InChI is InChI=1S/C9H6F5NO3/c1-3-5(7(10)11)15-2-4(8(16)17)6(3)18-9(12,13)14/h2,7H,1H3,(H,16,17). The maximum atomic E-state index is 12.4. The lowest BCUT2D eigenvalue weighted by molar-refractivity contribution is -0.275. The fourth-order valence-corrected chi connectivity index (χ4v) is 1.23. The monoisotopic (exact) mass is 271 g/mol. The molecule has 0 unspecified atom stereocenters. The summed E-state index contributed by atoms with van der Waals surface area (Å²) in [7, 11) is 0. The minimum Gasteiger partial charge on any atom is -0.477 e. The van der Waals surface area contributed by atoms with Gasteiger partial charge >= 0.3 is 12.3 Å². The molecule has 1 aromatic heterocycles. The third kappa shape index (κ3) is 3.05. The van der Waals surface area contributed by atoms with Gasteiger partial charge in [0.05, 0.1) is 0 Å². The van der Waals surface area contributed by atoms with Gasteiger partial charge in [0.1, 0.15) is 11.3 Å². The smallest absolute Gasteiger partial charge is 0.477 e. The van der Waals surface area contributed by atoms with E-state index in [0.29, 0.717) is 6.20 Å². The second kappa shape index (κ2) is 4.75. The Bertz CT molecular complexity index is 472. The topological polar surface area (TPSA) is 59.4 Å². The number of carbonyl (C=O) groups is 1. The molecule has 9 heteroatoms. The Kier molecular flexibility index (Phi) is 3.73. The molecule has 1 aromatic rings. The molecular formula is C9H6F5NO3. The normalized spacial score (nSPS) is 11.7. The van der Waals surface area contributed by atoms with Crippen LogP contribution in [0.4, 0.5) is 22.0 Å². The van der Waals surface area contributed by atoms with Crippen LogP contribution in [0, 0.1) is 6.92 Å². The number of halogens is 5. The molecule has 0 bridgehead atoms. The summed E-state index contributed by atoms with van der Waals surface area (Å²) in [6.45, 7) is 0.877. The van der Waals surface area contributed by atoms with Crippen LogP contribution in [0.25, 0.3) is 0 Å². The molecule has 0 atom stereocenters. The zero-order valence-electron chi connectivity index (χ0n) is 8.76. The number of aromatic carboxylic acids is 1. The molecule has 0 fully saturated rings. The number of nitrogens with zero attached hydrogens (tertiary/aromatic N) is 1. The van der Waals surface area contributed by atoms with E-state index in [1.165, 1.54) is 0 Å². The van der Waals surface area contributed by atoms with Crippen LogP contribution in [0.15, 0.2) is 6.20 Å². The number of rotatable bonds is 3. The summed E-state index contributed by atoms with van der Waals surface area (Å²) < 4.78 is 64.5. The lowest BCUT2D eigenvalue weighted by Gasteiger charge is -2.15. The Labute approximate surface area is 97.0 Å². The Balaban J connectivity index is 3.41. The van der Waals surface area contributed by atoms with Gasteiger partial charge in [0.25, 0.3) is 6.43 Å². The summed E-state index contributed by atoms with van der Waals surface area (Å²) in [6.07, 6.45) is -7.92. The highest BCUT2D eigenvalue weighted by Crippen LogP contribution is 2.34. The third-order valence-corrected chi connectivity index (χ3v) is 1.96. The molecule has 0 aliphatic heterocycles. The summed E-state index contributed by atoms with van der Waals surface area (Å²) in [5, 5.41) is 8.64. The molecule has 18 heavy (non-hydrogen) atoms. The van der Waals surface area contributed by atoms with Crippen LogP contribution in [0.1, 0.15) is 28.0 Å². The largest absolute Gasteiger partial charge is 0.573 e. The van der Waals surface area contributed by atoms with E-state index in [1.54, 1.807) is 0 Å². The van der Waals surface area contributed by atoms with Crippen LogP contribution < -0.4 is 4.74 Å². The SMILES string of the molecule is Cc1c(C(F)F)ncc(C(=O)O)c1OC(F)(F)F. The van der Waals surface area contributed by atoms with Crippen molar-refractivity contribution in [3.8, 4) is 5.75 Å². The highest BCUT2D eigenvalue weighted by atomic mass is 19.4. The highest BCUT2D eigenvalue weighted by molar-refractivity contribution is 5.91. The number of alkyl halides is 5. The Morgan fingerprint density at radius 1 is 1.44 bits per heavy atom. The van der Waals surface area contributed by atoms with Crippen LogP contribution in [0.3, 0.4) is 0 Å². The molecule has 0 aliphatic rings. The molecule has 0 saturated carbocycles. The van der Waals surface area contributed by atoms with E-state index in [2.05, 4.69) is 9.72 Å². The summed E-state index contributed by atoms with van der Waals surface area (Å²) in [5.74, 6) is -2.94. The van der Waals surface area contributed by atoms with E-state index in [1.807, 2.05) is 0 Å². The first-order chi connectivity index (χ1) is 8.13. The van der Waals surface area contributed by atoms with E-state index in [0.717, 1.165) is 6.92 Å². The van der Waals surface area contributed by atoms with E-state index in [9.17, 15) is 26.7 Å². The van der Waals surface area contributed by atoms with Gasteiger partial charge in [-0.1, -0.05) is 0 Å². The van der Waals surface area contributed by atoms with E-state index >= 15 is 0 Å². The van der Waals surface area contributed by atoms with Gasteiger partial charge in [-0.25, -0.2) is 13.6 Å². The van der Waals surface area contributed by atoms with Crippen LogP contribution in [0.2, 0.25) is 0 Å². The van der Waals surface area contributed by atoms with Gasteiger partial charge in [-0.2, -0.15) is 0 Å². The number of hydrogen-bond acceptors (Lipinski definition) is 3. The minimum atomic E-state index is -5.18. The molecule has 0 amide bonds. The highest BCUT2D eigenvalue weighted by Gasteiger charge is 2.35. The zero-order valence-corrected chi connectivity index (χ0v) is 8.76. The van der Waals surface area contributed by atoms with Gasteiger partial charge < -0.3 is 9.84 Å². The van der Waals surface area contributed by atoms with Crippen molar-refractivity contribution < 1.29 is 36.6 Å². The predicted molar refractivity (Wildman–Crippen MR) is 47.6 cm³/mol. The molecule has 0 saturated heterocycles. The van der Waals surface area contributed by atoms with Crippen molar-refractivity contribution in [1.82, 2.24) is 4.98 Å². The summed E-state index contributed by atoms with van der Waals surface area (Å²) in [5.41, 5.74) is -2.56. The lowest BCUT2D eigenvalue weighted by atomic mass is 10.1. The number of carboxylic acids is 1. The maximum absolute atomic E-state index is 12.4. The number of aromatic nitrogens is 1. The Hall–Kier alpha value is -1.93. The molecule has 1 N–H and O–H groups in total. The van der Waals surface area contributed by atoms with Gasteiger partial charge in [-0.3, -0.25) is 4.98 Å². The van der Waals surface area contributed by atoms with Crippen LogP contribution >= 0.6 is 0 Å². The molecule has 1 rings (SSSR count). The van der Waals surface area contributed by atoms with Crippen molar-refractivity contribution in [2.45, 2.75) is 19.7 Å². The molecule has 4 nitrogen and oxygen atoms in total. The number of pyridine rings is 1. The lowest BCUT2D eigenvalue weighted by Crippen LogP contribution is -2.20. The van der Waals surface area contributed by atoms with Gasteiger partial charge in [0.15, 0.2) is 5.75 Å². The maximum Gasteiger partial charge on any atom is 0.573 e. The summed E-state index contributed by atoms with van der Waals surface area (Å²) >= 11 is 0. The number of hydrogen-bond donors (Lipinski definition) is 1. The van der Waals surface area contributed by atoms with Crippen LogP contribution in [-0.4, -0.2) is 22.4 Å². The minimum absolute atomic E-state index is 0.401. The number of ether oxygens (including phenoxy) is 1. The van der Waals surface area contributed by atoms with Crippen molar-refractivity contribution in [3.05, 3.63) is 23.0 Å². The van der Waals surface area contributed by atoms with Crippen LogP contribution in [0.5, 0.6) is 5.75 Å².